The fourth-order valence-electron chi connectivity index (χ4n) is 3.58. The van der Waals surface area contributed by atoms with Gasteiger partial charge in [-0.15, -0.1) is 11.3 Å². The summed E-state index contributed by atoms with van der Waals surface area (Å²) in [7, 11) is -0.370. The predicted octanol–water partition coefficient (Wildman–Crippen LogP) is 3.04. The van der Waals surface area contributed by atoms with E-state index in [1.165, 1.54) is 6.07 Å². The van der Waals surface area contributed by atoms with E-state index < -0.39 is 22.2 Å². The summed E-state index contributed by atoms with van der Waals surface area (Å²) in [5.41, 5.74) is 7.37. The molecule has 1 heterocycles. The summed E-state index contributed by atoms with van der Waals surface area (Å²) in [5.74, 6) is 1.86. The molecular weight excluding hydrogens is 476 g/mol. The normalized spacial score (nSPS) is 14.7. The minimum Gasteiger partial charge on any atom is -0.493 e. The van der Waals surface area contributed by atoms with Crippen LogP contribution in [0.5, 0.6) is 11.5 Å². The van der Waals surface area contributed by atoms with Crippen molar-refractivity contribution in [1.29, 1.82) is 0 Å². The Morgan fingerprint density at radius 3 is 2.53 bits per heavy atom. The molecule has 0 saturated heterocycles. The number of nitrogens with two attached hydrogens (primary N) is 1. The molecule has 8 nitrogen and oxygen atoms in total. The van der Waals surface area contributed by atoms with Gasteiger partial charge in [0.15, 0.2) is 11.5 Å². The highest BCUT2D eigenvalue weighted by molar-refractivity contribution is 7.91. The van der Waals surface area contributed by atoms with Gasteiger partial charge >= 0.3 is 0 Å². The lowest BCUT2D eigenvalue weighted by Crippen LogP contribution is -2.44. The van der Waals surface area contributed by atoms with Crippen molar-refractivity contribution in [3.8, 4) is 11.5 Å². The summed E-state index contributed by atoms with van der Waals surface area (Å²) in [4.78, 5) is 0. The molecule has 0 saturated carbocycles. The standard InChI is InChI=1S/C24H38N2O6S2/c1-17(2)19(13-18-8-9-22(31-4)23(14-18)32-11-6-10-30-3)15-20(25)21(27)16-26-34(28,29)24-7-5-12-33-24/h5,7-9,12,14,17,19-21,26-27H,6,10-11,13,15-16,25H2,1-4H3/t19-,20-,21-/m0/s1. The van der Waals surface area contributed by atoms with Gasteiger partial charge in [-0.1, -0.05) is 26.0 Å². The first kappa shape index (κ1) is 28.5. The molecule has 0 spiro atoms. The van der Waals surface area contributed by atoms with Gasteiger partial charge in [0.1, 0.15) is 4.21 Å². The molecule has 1 aromatic carbocycles. The summed E-state index contributed by atoms with van der Waals surface area (Å²) in [6.07, 6.45) is 1.08. The van der Waals surface area contributed by atoms with Crippen LogP contribution in [-0.4, -0.2) is 59.6 Å². The first-order chi connectivity index (χ1) is 16.2. The van der Waals surface area contributed by atoms with E-state index in [1.807, 2.05) is 18.2 Å². The minimum absolute atomic E-state index is 0.131. The Hall–Kier alpha value is -1.69. The summed E-state index contributed by atoms with van der Waals surface area (Å²) in [5, 5.41) is 12.2. The van der Waals surface area contributed by atoms with Crippen LogP contribution in [0.4, 0.5) is 0 Å². The molecule has 0 fully saturated rings. The molecule has 0 aliphatic carbocycles. The van der Waals surface area contributed by atoms with E-state index in [0.717, 1.165) is 29.7 Å². The highest BCUT2D eigenvalue weighted by Gasteiger charge is 2.25. The number of hydrogen-bond acceptors (Lipinski definition) is 8. The second-order valence-corrected chi connectivity index (χ2v) is 11.6. The zero-order chi connectivity index (χ0) is 25.1. The smallest absolute Gasteiger partial charge is 0.250 e. The SMILES string of the molecule is COCCCOc1cc(C[C@@H](C[C@H](N)[C@@H](O)CNS(=O)(=O)c2cccs2)C(C)C)ccc1OC. The molecule has 0 unspecified atom stereocenters. The van der Waals surface area contributed by atoms with Crippen molar-refractivity contribution in [2.24, 2.45) is 17.6 Å². The third-order valence-corrected chi connectivity index (χ3v) is 8.55. The number of aliphatic hydroxyl groups is 1. The lowest BCUT2D eigenvalue weighted by atomic mass is 9.83. The van der Waals surface area contributed by atoms with Crippen LogP contribution in [0.15, 0.2) is 39.9 Å². The molecule has 0 amide bonds. The van der Waals surface area contributed by atoms with Crippen LogP contribution in [0.1, 0.15) is 32.3 Å². The maximum atomic E-state index is 12.3. The van der Waals surface area contributed by atoms with Gasteiger partial charge < -0.3 is 25.1 Å². The van der Waals surface area contributed by atoms with Crippen molar-refractivity contribution < 1.29 is 27.7 Å². The molecule has 34 heavy (non-hydrogen) atoms. The fraction of sp³-hybridized carbons (Fsp3) is 0.583. The first-order valence-corrected chi connectivity index (χ1v) is 13.8. The van der Waals surface area contributed by atoms with E-state index >= 15 is 0 Å². The fourth-order valence-corrected chi connectivity index (χ4v) is 5.67. The number of aliphatic hydroxyl groups excluding tert-OH is 1. The van der Waals surface area contributed by atoms with E-state index in [9.17, 15) is 13.5 Å². The zero-order valence-electron chi connectivity index (χ0n) is 20.4. The molecule has 2 aromatic rings. The van der Waals surface area contributed by atoms with Crippen LogP contribution in [0.3, 0.4) is 0 Å². The molecule has 3 atom stereocenters. The van der Waals surface area contributed by atoms with Crippen LogP contribution in [0, 0.1) is 11.8 Å². The number of thiophene rings is 1. The molecule has 2 rings (SSSR count). The lowest BCUT2D eigenvalue weighted by molar-refractivity contribution is 0.129. The van der Waals surface area contributed by atoms with E-state index in [0.29, 0.717) is 37.1 Å². The molecule has 0 bridgehead atoms. The van der Waals surface area contributed by atoms with Gasteiger partial charge in [-0.2, -0.15) is 0 Å². The van der Waals surface area contributed by atoms with Crippen LogP contribution in [-0.2, 0) is 21.2 Å². The van der Waals surface area contributed by atoms with Crippen molar-refractivity contribution in [3.05, 3.63) is 41.3 Å². The second kappa shape index (κ2) is 14.0. The number of methoxy groups -OCH3 is 2. The van der Waals surface area contributed by atoms with E-state index in [2.05, 4.69) is 18.6 Å². The van der Waals surface area contributed by atoms with Crippen LogP contribution in [0.25, 0.3) is 0 Å². The third kappa shape index (κ3) is 8.83. The topological polar surface area (TPSA) is 120 Å². The second-order valence-electron chi connectivity index (χ2n) is 8.64. The highest BCUT2D eigenvalue weighted by Crippen LogP contribution is 2.31. The molecule has 1 aromatic heterocycles. The Morgan fingerprint density at radius 1 is 1.15 bits per heavy atom. The van der Waals surface area contributed by atoms with Crippen molar-refractivity contribution in [2.75, 3.05) is 34.0 Å². The molecule has 0 radical (unpaired) electrons. The van der Waals surface area contributed by atoms with Crippen LogP contribution >= 0.6 is 11.3 Å². The number of hydrogen-bond donors (Lipinski definition) is 3. The summed E-state index contributed by atoms with van der Waals surface area (Å²) >= 11 is 1.13. The van der Waals surface area contributed by atoms with Gasteiger partial charge in [0.05, 0.1) is 19.8 Å². The van der Waals surface area contributed by atoms with Gasteiger partial charge in [0, 0.05) is 32.7 Å². The quantitative estimate of drug-likeness (QED) is 0.295. The number of benzene rings is 1. The van der Waals surface area contributed by atoms with E-state index in [4.69, 9.17) is 19.9 Å². The van der Waals surface area contributed by atoms with Gasteiger partial charge in [-0.25, -0.2) is 13.1 Å². The van der Waals surface area contributed by atoms with Crippen molar-refractivity contribution >= 4 is 21.4 Å². The largest absolute Gasteiger partial charge is 0.493 e. The molecule has 192 valence electrons. The Kier molecular flexibility index (Phi) is 11.8. The van der Waals surface area contributed by atoms with Gasteiger partial charge in [-0.05, 0) is 53.8 Å². The molecule has 4 N–H and O–H groups in total. The third-order valence-electron chi connectivity index (χ3n) is 5.73. The van der Waals surface area contributed by atoms with E-state index in [-0.39, 0.29) is 16.7 Å². The Morgan fingerprint density at radius 2 is 1.91 bits per heavy atom. The number of ether oxygens (including phenoxy) is 3. The zero-order valence-corrected chi connectivity index (χ0v) is 22.0. The molecule has 0 aliphatic heterocycles. The Balaban J connectivity index is 1.98. The maximum Gasteiger partial charge on any atom is 0.250 e. The van der Waals surface area contributed by atoms with Crippen molar-refractivity contribution in [1.82, 2.24) is 4.72 Å². The minimum atomic E-state index is -3.64. The summed E-state index contributed by atoms with van der Waals surface area (Å²) in [6, 6.07) is 8.52. The lowest BCUT2D eigenvalue weighted by Gasteiger charge is -2.27. The molecular formula is C24H38N2O6S2. The van der Waals surface area contributed by atoms with Gasteiger partial charge in [-0.3, -0.25) is 0 Å². The number of rotatable bonds is 16. The first-order valence-electron chi connectivity index (χ1n) is 11.4. The highest BCUT2D eigenvalue weighted by atomic mass is 32.2. The molecule has 10 heteroatoms. The van der Waals surface area contributed by atoms with Crippen molar-refractivity contribution in [3.63, 3.8) is 0 Å². The Labute approximate surface area is 207 Å². The average molecular weight is 515 g/mol. The number of sulfonamides is 1. The van der Waals surface area contributed by atoms with Crippen LogP contribution < -0.4 is 19.9 Å². The van der Waals surface area contributed by atoms with Crippen molar-refractivity contribution in [2.45, 2.75) is 49.5 Å². The van der Waals surface area contributed by atoms with Crippen LogP contribution in [0.2, 0.25) is 0 Å². The summed E-state index contributed by atoms with van der Waals surface area (Å²) < 4.78 is 43.7. The van der Waals surface area contributed by atoms with Gasteiger partial charge in [0.25, 0.3) is 0 Å². The predicted molar refractivity (Wildman–Crippen MR) is 135 cm³/mol. The average Bonchev–Trinajstić information content (AvgIpc) is 3.36. The summed E-state index contributed by atoms with van der Waals surface area (Å²) in [6.45, 7) is 5.26. The molecule has 0 aliphatic rings. The van der Waals surface area contributed by atoms with Gasteiger partial charge in [0.2, 0.25) is 10.0 Å². The number of nitrogens with one attached hydrogen (secondary N) is 1. The van der Waals surface area contributed by atoms with E-state index in [1.54, 1.807) is 25.7 Å². The maximum absolute atomic E-state index is 12.3. The monoisotopic (exact) mass is 514 g/mol. The Bertz CT molecular complexity index is 950.